The van der Waals surface area contributed by atoms with E-state index in [1.165, 1.54) is 41.5 Å². The number of hydrogen-bond donors (Lipinski definition) is 0. The van der Waals surface area contributed by atoms with Crippen molar-refractivity contribution in [1.82, 2.24) is 0 Å². The lowest BCUT2D eigenvalue weighted by molar-refractivity contribution is -0.300. The van der Waals surface area contributed by atoms with Crippen molar-refractivity contribution in [3.05, 3.63) is 0 Å². The number of rotatable bonds is 2. The summed E-state index contributed by atoms with van der Waals surface area (Å²) in [5.41, 5.74) is -2.07. The third kappa shape index (κ3) is 16.3. The SMILES string of the molecule is CCC1(CC)CC(=O)OOC(C)C(=O)OCOC(=O)C(C)OOC(=O)CC(C)(C)CC(=O)OOC(C)C(=O)OCOC(=O)C(C)OOC(=O)C1. The maximum atomic E-state index is 12.5. The van der Waals surface area contributed by atoms with E-state index in [4.69, 9.17) is 48.3 Å². The van der Waals surface area contributed by atoms with Crippen molar-refractivity contribution >= 4 is 47.8 Å². The molecule has 0 saturated carbocycles. The second-order valence-corrected chi connectivity index (χ2v) is 11.9. The van der Waals surface area contributed by atoms with E-state index in [0.717, 1.165) is 0 Å². The Bertz CT molecular complexity index is 1120. The molecular formula is C30H44O20. The third-order valence-electron chi connectivity index (χ3n) is 7.06. The average molecular weight is 725 g/mol. The molecule has 4 unspecified atom stereocenters. The summed E-state index contributed by atoms with van der Waals surface area (Å²) >= 11 is 0. The number of cyclic esters (lactones) is 4. The molecule has 0 aromatic rings. The fourth-order valence-electron chi connectivity index (χ4n) is 3.81. The molecule has 1 heterocycles. The zero-order chi connectivity index (χ0) is 38.1. The summed E-state index contributed by atoms with van der Waals surface area (Å²) in [5.74, 6) is -8.16. The van der Waals surface area contributed by atoms with Gasteiger partial charge in [0.1, 0.15) is 0 Å². The lowest BCUT2D eigenvalue weighted by Crippen LogP contribution is -2.32. The first-order chi connectivity index (χ1) is 23.3. The predicted molar refractivity (Wildman–Crippen MR) is 156 cm³/mol. The van der Waals surface area contributed by atoms with E-state index in [1.807, 2.05) is 0 Å². The van der Waals surface area contributed by atoms with Crippen LogP contribution in [0.2, 0.25) is 0 Å². The summed E-state index contributed by atoms with van der Waals surface area (Å²) < 4.78 is 19.0. The quantitative estimate of drug-likeness (QED) is 0.291. The molecule has 0 amide bonds. The number of hydrogen-bond acceptors (Lipinski definition) is 20. The second kappa shape index (κ2) is 21.0. The summed E-state index contributed by atoms with van der Waals surface area (Å²) in [6, 6.07) is 0. The Morgan fingerprint density at radius 3 is 0.940 bits per heavy atom. The van der Waals surface area contributed by atoms with Crippen LogP contribution >= 0.6 is 0 Å². The van der Waals surface area contributed by atoms with Crippen LogP contribution < -0.4 is 0 Å². The minimum atomic E-state index is -1.46. The Morgan fingerprint density at radius 2 is 0.700 bits per heavy atom. The highest BCUT2D eigenvalue weighted by Gasteiger charge is 2.36. The lowest BCUT2D eigenvalue weighted by atomic mass is 9.76. The van der Waals surface area contributed by atoms with Gasteiger partial charge in [0.25, 0.3) is 0 Å². The molecule has 0 aromatic carbocycles. The largest absolute Gasteiger partial charge is 0.426 e. The number of carbonyl (C=O) groups excluding carboxylic acids is 8. The first-order valence-electron chi connectivity index (χ1n) is 15.4. The van der Waals surface area contributed by atoms with Crippen molar-refractivity contribution in [2.75, 3.05) is 13.6 Å². The molecule has 0 spiro atoms. The molecule has 0 radical (unpaired) electrons. The van der Waals surface area contributed by atoms with Crippen molar-refractivity contribution in [1.29, 1.82) is 0 Å². The number of esters is 4. The van der Waals surface area contributed by atoms with Crippen LogP contribution in [-0.4, -0.2) is 85.8 Å². The molecule has 4 atom stereocenters. The van der Waals surface area contributed by atoms with E-state index in [1.54, 1.807) is 13.8 Å². The Labute approximate surface area is 287 Å². The van der Waals surface area contributed by atoms with E-state index in [-0.39, 0.29) is 12.8 Å². The number of ether oxygens (including phenoxy) is 4. The van der Waals surface area contributed by atoms with E-state index in [2.05, 4.69) is 9.78 Å². The molecule has 1 aliphatic rings. The van der Waals surface area contributed by atoms with Gasteiger partial charge in [0.05, 0.1) is 25.7 Å². The standard InChI is InChI=1S/C30H44O20/c1-9-30(10-2)13-23(33)49-45-19(5)27(37)41-15-39-25(35)17(3)43-47-21(31)11-29(7,8)12-22(32)48-44-18(4)26(36)40-16-42-28(38)20(6)46-50-24(34)14-30/h17-20H,9-16H2,1-8H3. The minimum Gasteiger partial charge on any atom is -0.426 e. The van der Waals surface area contributed by atoms with E-state index in [9.17, 15) is 38.4 Å². The van der Waals surface area contributed by atoms with Gasteiger partial charge in [-0.2, -0.15) is 19.6 Å². The van der Waals surface area contributed by atoms with E-state index < -0.39 is 109 Å². The van der Waals surface area contributed by atoms with Gasteiger partial charge in [0.15, 0.2) is 24.4 Å². The van der Waals surface area contributed by atoms with Crippen LogP contribution in [0.5, 0.6) is 0 Å². The molecule has 20 heteroatoms. The van der Waals surface area contributed by atoms with Crippen LogP contribution in [0, 0.1) is 10.8 Å². The highest BCUT2D eigenvalue weighted by molar-refractivity contribution is 5.78. The van der Waals surface area contributed by atoms with Crippen LogP contribution in [-0.2, 0) is 96.4 Å². The molecule has 1 saturated heterocycles. The Hall–Kier alpha value is -4.40. The highest BCUT2D eigenvalue weighted by Crippen LogP contribution is 2.35. The van der Waals surface area contributed by atoms with Crippen molar-refractivity contribution < 1.29 is 96.4 Å². The lowest BCUT2D eigenvalue weighted by Gasteiger charge is -2.29. The predicted octanol–water partition coefficient (Wildman–Crippen LogP) is 1.93. The Morgan fingerprint density at radius 1 is 0.460 bits per heavy atom. The van der Waals surface area contributed by atoms with Crippen molar-refractivity contribution in [2.24, 2.45) is 10.8 Å². The van der Waals surface area contributed by atoms with Gasteiger partial charge in [0, 0.05) is 0 Å². The zero-order valence-electron chi connectivity index (χ0n) is 29.1. The number of carbonyl (C=O) groups is 8. The molecule has 0 aliphatic carbocycles. The molecule has 1 fully saturated rings. The van der Waals surface area contributed by atoms with Gasteiger partial charge < -0.3 is 18.9 Å². The van der Waals surface area contributed by atoms with Crippen LogP contribution in [0.4, 0.5) is 0 Å². The van der Waals surface area contributed by atoms with Gasteiger partial charge in [0.2, 0.25) is 13.6 Å². The zero-order valence-corrected chi connectivity index (χ0v) is 29.1. The Kier molecular flexibility index (Phi) is 18.3. The van der Waals surface area contributed by atoms with Crippen molar-refractivity contribution in [3.63, 3.8) is 0 Å². The van der Waals surface area contributed by atoms with Crippen LogP contribution in [0.15, 0.2) is 0 Å². The molecule has 284 valence electrons. The van der Waals surface area contributed by atoms with Gasteiger partial charge >= 0.3 is 47.8 Å². The summed E-state index contributed by atoms with van der Waals surface area (Å²) in [7, 11) is 0. The summed E-state index contributed by atoms with van der Waals surface area (Å²) in [6.07, 6.45) is -6.75. The molecule has 20 nitrogen and oxygen atoms in total. The fraction of sp³-hybridized carbons (Fsp3) is 0.733. The minimum absolute atomic E-state index is 0.292. The highest BCUT2D eigenvalue weighted by atomic mass is 17.2. The summed E-state index contributed by atoms with van der Waals surface area (Å²) in [5, 5.41) is 0. The average Bonchev–Trinajstić information content (AvgIpc) is 3.05. The summed E-state index contributed by atoms with van der Waals surface area (Å²) in [6.45, 7) is 9.32. The third-order valence-corrected chi connectivity index (χ3v) is 7.06. The fourth-order valence-corrected chi connectivity index (χ4v) is 3.81. The molecule has 1 aliphatic heterocycles. The molecule has 0 aromatic heterocycles. The van der Waals surface area contributed by atoms with E-state index >= 15 is 0 Å². The van der Waals surface area contributed by atoms with Gasteiger partial charge in [-0.1, -0.05) is 27.7 Å². The maximum absolute atomic E-state index is 12.5. The van der Waals surface area contributed by atoms with E-state index in [0.29, 0.717) is 12.8 Å². The molecule has 0 N–H and O–H groups in total. The topological polar surface area (TPSA) is 247 Å². The molecule has 1 rings (SSSR count). The maximum Gasteiger partial charge on any atom is 0.342 e. The van der Waals surface area contributed by atoms with Crippen LogP contribution in [0.1, 0.15) is 93.9 Å². The first kappa shape index (κ1) is 43.6. The van der Waals surface area contributed by atoms with Gasteiger partial charge in [-0.05, 0) is 51.4 Å². The van der Waals surface area contributed by atoms with Gasteiger partial charge in [-0.3, -0.25) is 19.6 Å². The van der Waals surface area contributed by atoms with Gasteiger partial charge in [-0.15, -0.1) is 0 Å². The van der Waals surface area contributed by atoms with Crippen LogP contribution in [0.3, 0.4) is 0 Å². The molecular weight excluding hydrogens is 680 g/mol. The molecule has 50 heavy (non-hydrogen) atoms. The van der Waals surface area contributed by atoms with Crippen molar-refractivity contribution in [2.45, 2.75) is 118 Å². The normalized spacial score (nSPS) is 26.9. The van der Waals surface area contributed by atoms with Crippen LogP contribution in [0.25, 0.3) is 0 Å². The monoisotopic (exact) mass is 724 g/mol. The van der Waals surface area contributed by atoms with Gasteiger partial charge in [-0.25, -0.2) is 38.4 Å². The second-order valence-electron chi connectivity index (χ2n) is 11.9. The van der Waals surface area contributed by atoms with Crippen molar-refractivity contribution in [3.8, 4) is 0 Å². The Balaban J connectivity index is 2.95. The first-order valence-corrected chi connectivity index (χ1v) is 15.4. The smallest absolute Gasteiger partial charge is 0.342 e. The molecule has 0 bridgehead atoms. The summed E-state index contributed by atoms with van der Waals surface area (Å²) in [4.78, 5) is 136.